The third-order valence-corrected chi connectivity index (χ3v) is 4.24. The van der Waals surface area contributed by atoms with Crippen molar-refractivity contribution in [3.8, 4) is 5.75 Å². The summed E-state index contributed by atoms with van der Waals surface area (Å²) in [7, 11) is 0. The number of unbranched alkanes of at least 4 members (excludes halogenated alkanes) is 1. The minimum absolute atomic E-state index is 0.148. The summed E-state index contributed by atoms with van der Waals surface area (Å²) in [5.74, 6) is 0.976. The Morgan fingerprint density at radius 3 is 2.45 bits per heavy atom. The fourth-order valence-electron chi connectivity index (χ4n) is 2.66. The Morgan fingerprint density at radius 2 is 1.86 bits per heavy atom. The molecule has 0 saturated carbocycles. The van der Waals surface area contributed by atoms with Crippen LogP contribution in [-0.2, 0) is 4.74 Å². The minimum Gasteiger partial charge on any atom is -0.494 e. The third kappa shape index (κ3) is 4.08. The van der Waals surface area contributed by atoms with E-state index in [2.05, 4.69) is 11.8 Å². The number of ether oxygens (including phenoxy) is 2. The van der Waals surface area contributed by atoms with E-state index in [-0.39, 0.29) is 5.78 Å². The normalized spacial score (nSPS) is 16.5. The predicted octanol–water partition coefficient (Wildman–Crippen LogP) is 3.16. The number of benzene rings is 1. The highest BCUT2D eigenvalue weighted by molar-refractivity contribution is 6.02. The predicted molar refractivity (Wildman–Crippen MR) is 87.6 cm³/mol. The van der Waals surface area contributed by atoms with Crippen LogP contribution < -0.4 is 4.74 Å². The maximum Gasteiger partial charge on any atom is 0.182 e. The molecule has 1 saturated heterocycles. The first kappa shape index (κ1) is 17.0. The van der Waals surface area contributed by atoms with Crippen molar-refractivity contribution in [2.24, 2.45) is 0 Å². The molecule has 1 fully saturated rings. The van der Waals surface area contributed by atoms with Crippen molar-refractivity contribution in [2.75, 3.05) is 32.9 Å². The molecule has 0 N–H and O–H groups in total. The van der Waals surface area contributed by atoms with Crippen molar-refractivity contribution >= 4 is 5.78 Å². The summed E-state index contributed by atoms with van der Waals surface area (Å²) in [6, 6.07) is 7.51. The molecule has 0 unspecified atom stereocenters. The van der Waals surface area contributed by atoms with Gasteiger partial charge in [-0.3, -0.25) is 9.69 Å². The van der Waals surface area contributed by atoms with Gasteiger partial charge in [0, 0.05) is 18.7 Å². The zero-order valence-electron chi connectivity index (χ0n) is 13.9. The summed E-state index contributed by atoms with van der Waals surface area (Å²) in [6.45, 7) is 9.84. The average Bonchev–Trinajstić information content (AvgIpc) is 2.56. The molecule has 0 aliphatic carbocycles. The molecule has 122 valence electrons. The summed E-state index contributed by atoms with van der Waals surface area (Å²) in [4.78, 5) is 15.0. The topological polar surface area (TPSA) is 38.8 Å². The van der Waals surface area contributed by atoms with Crippen molar-refractivity contribution in [1.82, 2.24) is 4.90 Å². The molecule has 0 radical (unpaired) electrons. The maximum absolute atomic E-state index is 12.8. The van der Waals surface area contributed by atoms with Crippen molar-refractivity contribution in [1.29, 1.82) is 0 Å². The molecule has 1 aromatic rings. The Balaban J connectivity index is 2.01. The minimum atomic E-state index is -0.506. The van der Waals surface area contributed by atoms with Crippen LogP contribution in [0.25, 0.3) is 0 Å². The molecular formula is C18H27NO3. The lowest BCUT2D eigenvalue weighted by molar-refractivity contribution is -0.00429. The van der Waals surface area contributed by atoms with Gasteiger partial charge in [0.1, 0.15) is 5.75 Å². The SMILES string of the molecule is CCCCOc1ccc(C(=O)C(C)(C)N2CCOCC2)cc1. The number of hydrogen-bond donors (Lipinski definition) is 0. The highest BCUT2D eigenvalue weighted by atomic mass is 16.5. The number of Topliss-reactive ketones (excluding diaryl/α,β-unsaturated/α-hetero) is 1. The van der Waals surface area contributed by atoms with Gasteiger partial charge in [0.2, 0.25) is 0 Å². The zero-order chi connectivity index (χ0) is 16.0. The van der Waals surface area contributed by atoms with Gasteiger partial charge in [0.25, 0.3) is 0 Å². The lowest BCUT2D eigenvalue weighted by atomic mass is 9.91. The van der Waals surface area contributed by atoms with Gasteiger partial charge in [-0.15, -0.1) is 0 Å². The van der Waals surface area contributed by atoms with Crippen molar-refractivity contribution < 1.29 is 14.3 Å². The number of carbonyl (C=O) groups is 1. The van der Waals surface area contributed by atoms with Crippen LogP contribution in [0.4, 0.5) is 0 Å². The van der Waals surface area contributed by atoms with Crippen LogP contribution in [-0.4, -0.2) is 49.1 Å². The molecule has 1 aliphatic heterocycles. The first-order valence-corrected chi connectivity index (χ1v) is 8.16. The molecule has 1 heterocycles. The van der Waals surface area contributed by atoms with Crippen molar-refractivity contribution in [3.63, 3.8) is 0 Å². The molecule has 1 aliphatic rings. The second-order valence-electron chi connectivity index (χ2n) is 6.21. The molecule has 1 aromatic carbocycles. The van der Waals surface area contributed by atoms with E-state index in [1.165, 1.54) is 0 Å². The fraction of sp³-hybridized carbons (Fsp3) is 0.611. The van der Waals surface area contributed by atoms with Gasteiger partial charge in [-0.2, -0.15) is 0 Å². The molecule has 0 aromatic heterocycles. The molecule has 4 nitrogen and oxygen atoms in total. The number of rotatable bonds is 7. The van der Waals surface area contributed by atoms with Gasteiger partial charge >= 0.3 is 0 Å². The largest absolute Gasteiger partial charge is 0.494 e. The molecule has 0 atom stereocenters. The molecule has 22 heavy (non-hydrogen) atoms. The van der Waals surface area contributed by atoms with E-state index in [0.29, 0.717) is 13.2 Å². The van der Waals surface area contributed by atoms with Gasteiger partial charge in [0.05, 0.1) is 25.4 Å². The summed E-state index contributed by atoms with van der Waals surface area (Å²) < 4.78 is 11.0. The van der Waals surface area contributed by atoms with Gasteiger partial charge in [-0.05, 0) is 44.5 Å². The van der Waals surface area contributed by atoms with Crippen LogP contribution in [0, 0.1) is 0 Å². The Bertz CT molecular complexity index is 476. The number of ketones is 1. The summed E-state index contributed by atoms with van der Waals surface area (Å²) in [5, 5.41) is 0. The third-order valence-electron chi connectivity index (χ3n) is 4.24. The quantitative estimate of drug-likeness (QED) is 0.573. The van der Waals surface area contributed by atoms with Crippen LogP contribution in [0.15, 0.2) is 24.3 Å². The van der Waals surface area contributed by atoms with Crippen LogP contribution in [0.2, 0.25) is 0 Å². The molecule has 4 heteroatoms. The van der Waals surface area contributed by atoms with E-state index in [4.69, 9.17) is 9.47 Å². The number of hydrogen-bond acceptors (Lipinski definition) is 4. The first-order chi connectivity index (χ1) is 10.6. The first-order valence-electron chi connectivity index (χ1n) is 8.16. The van der Waals surface area contributed by atoms with E-state index in [9.17, 15) is 4.79 Å². The molecule has 2 rings (SSSR count). The fourth-order valence-corrected chi connectivity index (χ4v) is 2.66. The summed E-state index contributed by atoms with van der Waals surface area (Å²) in [6.07, 6.45) is 2.16. The smallest absolute Gasteiger partial charge is 0.182 e. The Labute approximate surface area is 133 Å². The van der Waals surface area contributed by atoms with E-state index in [1.807, 2.05) is 38.1 Å². The Hall–Kier alpha value is -1.39. The highest BCUT2D eigenvalue weighted by Gasteiger charge is 2.35. The van der Waals surface area contributed by atoms with Crippen LogP contribution in [0.1, 0.15) is 44.0 Å². The lowest BCUT2D eigenvalue weighted by Crippen LogP contribution is -2.54. The van der Waals surface area contributed by atoms with E-state index in [0.717, 1.165) is 43.9 Å². The average molecular weight is 305 g/mol. The van der Waals surface area contributed by atoms with Gasteiger partial charge < -0.3 is 9.47 Å². The summed E-state index contributed by atoms with van der Waals surface area (Å²) in [5.41, 5.74) is 0.230. The molecule has 0 amide bonds. The number of nitrogens with zero attached hydrogens (tertiary/aromatic N) is 1. The second-order valence-corrected chi connectivity index (χ2v) is 6.21. The van der Waals surface area contributed by atoms with Gasteiger partial charge in [-0.25, -0.2) is 0 Å². The van der Waals surface area contributed by atoms with Crippen molar-refractivity contribution in [2.45, 2.75) is 39.2 Å². The molecular weight excluding hydrogens is 278 g/mol. The highest BCUT2D eigenvalue weighted by Crippen LogP contribution is 2.23. The van der Waals surface area contributed by atoms with Crippen LogP contribution in [0.5, 0.6) is 5.75 Å². The Kier molecular flexibility index (Phi) is 5.98. The second kappa shape index (κ2) is 7.75. The monoisotopic (exact) mass is 305 g/mol. The van der Waals surface area contributed by atoms with Gasteiger partial charge in [0.15, 0.2) is 5.78 Å². The summed E-state index contributed by atoms with van der Waals surface area (Å²) >= 11 is 0. The van der Waals surface area contributed by atoms with Crippen LogP contribution in [0.3, 0.4) is 0 Å². The van der Waals surface area contributed by atoms with Crippen LogP contribution >= 0.6 is 0 Å². The number of carbonyl (C=O) groups excluding carboxylic acids is 1. The number of morpholine rings is 1. The zero-order valence-corrected chi connectivity index (χ0v) is 13.9. The maximum atomic E-state index is 12.8. The molecule has 0 spiro atoms. The van der Waals surface area contributed by atoms with E-state index >= 15 is 0 Å². The van der Waals surface area contributed by atoms with Gasteiger partial charge in [-0.1, -0.05) is 13.3 Å². The van der Waals surface area contributed by atoms with E-state index in [1.54, 1.807) is 0 Å². The standard InChI is InChI=1S/C18H27NO3/c1-4-5-12-22-16-8-6-15(7-9-16)17(20)18(2,3)19-10-13-21-14-11-19/h6-9H,4-5,10-14H2,1-3H3. The molecule has 0 bridgehead atoms. The Morgan fingerprint density at radius 1 is 1.23 bits per heavy atom. The van der Waals surface area contributed by atoms with Crippen molar-refractivity contribution in [3.05, 3.63) is 29.8 Å². The lowest BCUT2D eigenvalue weighted by Gasteiger charge is -2.39. The van der Waals surface area contributed by atoms with E-state index < -0.39 is 5.54 Å².